The van der Waals surface area contributed by atoms with E-state index >= 15 is 0 Å². The maximum atomic E-state index is 12.2. The molecule has 0 unspecified atom stereocenters. The standard InChI is InChI=1S/C18H14ClN3O/c19-13-7-4-8-14(9-13)22-11-20-17-15(10-16(23)21-18(17)22)12-5-2-1-3-6-12/h1-9,11,15H,10H2,(H,21,23)/t15-/m0/s1. The summed E-state index contributed by atoms with van der Waals surface area (Å²) in [6.45, 7) is 0. The fourth-order valence-corrected chi connectivity index (χ4v) is 3.17. The fourth-order valence-electron chi connectivity index (χ4n) is 2.99. The molecule has 1 amide bonds. The van der Waals surface area contributed by atoms with Crippen molar-refractivity contribution >= 4 is 23.3 Å². The molecule has 23 heavy (non-hydrogen) atoms. The highest BCUT2D eigenvalue weighted by Gasteiger charge is 2.30. The predicted octanol–water partition coefficient (Wildman–Crippen LogP) is 4.00. The Morgan fingerprint density at radius 2 is 1.96 bits per heavy atom. The van der Waals surface area contributed by atoms with Crippen molar-refractivity contribution in [1.82, 2.24) is 9.55 Å². The summed E-state index contributed by atoms with van der Waals surface area (Å²) in [5, 5.41) is 3.59. The van der Waals surface area contributed by atoms with Crippen molar-refractivity contribution < 1.29 is 4.79 Å². The first-order valence-corrected chi connectivity index (χ1v) is 7.78. The second-order valence-corrected chi connectivity index (χ2v) is 5.98. The number of nitrogens with one attached hydrogen (secondary N) is 1. The average Bonchev–Trinajstić information content (AvgIpc) is 2.98. The number of amides is 1. The van der Waals surface area contributed by atoms with Crippen molar-refractivity contribution in [2.75, 3.05) is 5.32 Å². The predicted molar refractivity (Wildman–Crippen MR) is 90.1 cm³/mol. The van der Waals surface area contributed by atoms with Gasteiger partial charge < -0.3 is 5.32 Å². The molecule has 1 N–H and O–H groups in total. The molecule has 0 fully saturated rings. The molecule has 0 saturated heterocycles. The van der Waals surface area contributed by atoms with Gasteiger partial charge in [0, 0.05) is 23.0 Å². The molecular weight excluding hydrogens is 310 g/mol. The van der Waals surface area contributed by atoms with Gasteiger partial charge in [-0.15, -0.1) is 0 Å². The van der Waals surface area contributed by atoms with E-state index in [-0.39, 0.29) is 11.8 Å². The van der Waals surface area contributed by atoms with Gasteiger partial charge in [-0.3, -0.25) is 9.36 Å². The summed E-state index contributed by atoms with van der Waals surface area (Å²) in [6, 6.07) is 17.5. The summed E-state index contributed by atoms with van der Waals surface area (Å²) in [5.41, 5.74) is 2.86. The first-order chi connectivity index (χ1) is 11.2. The van der Waals surface area contributed by atoms with Gasteiger partial charge in [-0.05, 0) is 23.8 Å². The molecule has 0 saturated carbocycles. The Balaban J connectivity index is 1.83. The highest BCUT2D eigenvalue weighted by atomic mass is 35.5. The number of nitrogens with zero attached hydrogens (tertiary/aromatic N) is 2. The van der Waals surface area contributed by atoms with Crippen LogP contribution in [0.15, 0.2) is 60.9 Å². The topological polar surface area (TPSA) is 46.9 Å². The Kier molecular flexibility index (Phi) is 3.39. The number of fused-ring (bicyclic) bond motifs is 1. The van der Waals surface area contributed by atoms with Crippen LogP contribution in [0.5, 0.6) is 0 Å². The number of halogens is 1. The average molecular weight is 324 g/mol. The Labute approximate surface area is 138 Å². The summed E-state index contributed by atoms with van der Waals surface area (Å²) in [7, 11) is 0. The monoisotopic (exact) mass is 323 g/mol. The minimum atomic E-state index is -0.0274. The van der Waals surface area contributed by atoms with Crippen LogP contribution in [0, 0.1) is 0 Å². The van der Waals surface area contributed by atoms with Gasteiger partial charge in [0.1, 0.15) is 12.1 Å². The van der Waals surface area contributed by atoms with Crippen LogP contribution < -0.4 is 5.32 Å². The van der Waals surface area contributed by atoms with Gasteiger partial charge in [-0.25, -0.2) is 4.98 Å². The maximum absolute atomic E-state index is 12.2. The Morgan fingerprint density at radius 1 is 1.13 bits per heavy atom. The van der Waals surface area contributed by atoms with Crippen LogP contribution in [-0.4, -0.2) is 15.5 Å². The van der Waals surface area contributed by atoms with E-state index in [1.807, 2.05) is 59.2 Å². The zero-order valence-corrected chi connectivity index (χ0v) is 13.0. The van der Waals surface area contributed by atoms with Gasteiger partial charge >= 0.3 is 0 Å². The summed E-state index contributed by atoms with van der Waals surface area (Å²) in [6.07, 6.45) is 2.14. The molecule has 1 aliphatic heterocycles. The van der Waals surface area contributed by atoms with E-state index in [9.17, 15) is 4.79 Å². The normalized spacial score (nSPS) is 16.7. The van der Waals surface area contributed by atoms with Crippen molar-refractivity contribution in [2.24, 2.45) is 0 Å². The molecule has 4 nitrogen and oxygen atoms in total. The van der Waals surface area contributed by atoms with Crippen LogP contribution >= 0.6 is 11.6 Å². The Bertz CT molecular complexity index is 873. The van der Waals surface area contributed by atoms with E-state index in [0.717, 1.165) is 22.8 Å². The zero-order valence-electron chi connectivity index (χ0n) is 12.2. The number of imidazole rings is 1. The first kappa shape index (κ1) is 14.0. The highest BCUT2D eigenvalue weighted by Crippen LogP contribution is 2.37. The quantitative estimate of drug-likeness (QED) is 0.775. The van der Waals surface area contributed by atoms with E-state index in [1.165, 1.54) is 0 Å². The molecule has 1 aliphatic rings. The summed E-state index contributed by atoms with van der Waals surface area (Å²) in [5.74, 6) is 0.688. The molecular formula is C18H14ClN3O. The van der Waals surface area contributed by atoms with Crippen molar-refractivity contribution in [3.05, 3.63) is 77.2 Å². The van der Waals surface area contributed by atoms with Gasteiger partial charge in [0.2, 0.25) is 5.91 Å². The lowest BCUT2D eigenvalue weighted by molar-refractivity contribution is -0.116. The van der Waals surface area contributed by atoms with Crippen molar-refractivity contribution in [3.63, 3.8) is 0 Å². The Morgan fingerprint density at radius 3 is 2.74 bits per heavy atom. The summed E-state index contributed by atoms with van der Waals surface area (Å²) < 4.78 is 1.87. The number of aromatic nitrogens is 2. The van der Waals surface area contributed by atoms with Gasteiger partial charge in [0.25, 0.3) is 0 Å². The van der Waals surface area contributed by atoms with E-state index in [2.05, 4.69) is 10.3 Å². The minimum absolute atomic E-state index is 0.00451. The number of rotatable bonds is 2. The lowest BCUT2D eigenvalue weighted by atomic mass is 9.90. The number of carbonyl (C=O) groups is 1. The van der Waals surface area contributed by atoms with Crippen LogP contribution in [0.25, 0.3) is 5.69 Å². The van der Waals surface area contributed by atoms with Crippen LogP contribution in [0.2, 0.25) is 5.02 Å². The molecule has 5 heteroatoms. The third kappa shape index (κ3) is 2.51. The molecule has 0 spiro atoms. The van der Waals surface area contributed by atoms with Crippen LogP contribution in [0.3, 0.4) is 0 Å². The van der Waals surface area contributed by atoms with Gasteiger partial charge in [-0.2, -0.15) is 0 Å². The molecule has 2 heterocycles. The lowest BCUT2D eigenvalue weighted by Gasteiger charge is -2.23. The molecule has 4 rings (SSSR count). The van der Waals surface area contributed by atoms with E-state index in [1.54, 1.807) is 6.33 Å². The third-order valence-electron chi connectivity index (χ3n) is 4.06. The number of carbonyl (C=O) groups excluding carboxylic acids is 1. The van der Waals surface area contributed by atoms with Gasteiger partial charge in [0.15, 0.2) is 0 Å². The van der Waals surface area contributed by atoms with Crippen molar-refractivity contribution in [3.8, 4) is 5.69 Å². The van der Waals surface area contributed by atoms with Crippen molar-refractivity contribution in [2.45, 2.75) is 12.3 Å². The highest BCUT2D eigenvalue weighted by molar-refractivity contribution is 6.30. The summed E-state index contributed by atoms with van der Waals surface area (Å²) >= 11 is 6.08. The van der Waals surface area contributed by atoms with Gasteiger partial charge in [-0.1, -0.05) is 48.0 Å². The van der Waals surface area contributed by atoms with E-state index in [4.69, 9.17) is 11.6 Å². The second kappa shape index (κ2) is 5.56. The SMILES string of the molecule is O=C1C[C@@H](c2ccccc2)c2ncn(-c3cccc(Cl)c3)c2N1. The number of benzene rings is 2. The molecule has 0 aliphatic carbocycles. The van der Waals surface area contributed by atoms with Crippen molar-refractivity contribution in [1.29, 1.82) is 0 Å². The number of anilines is 1. The third-order valence-corrected chi connectivity index (χ3v) is 4.30. The Hall–Kier alpha value is -2.59. The smallest absolute Gasteiger partial charge is 0.226 e. The molecule has 2 aromatic carbocycles. The van der Waals surface area contributed by atoms with Crippen LogP contribution in [0.1, 0.15) is 23.6 Å². The number of hydrogen-bond donors (Lipinski definition) is 1. The number of hydrogen-bond acceptors (Lipinski definition) is 2. The largest absolute Gasteiger partial charge is 0.310 e. The molecule has 0 radical (unpaired) electrons. The zero-order chi connectivity index (χ0) is 15.8. The molecule has 1 atom stereocenters. The molecule has 3 aromatic rings. The first-order valence-electron chi connectivity index (χ1n) is 7.40. The maximum Gasteiger partial charge on any atom is 0.226 e. The van der Waals surface area contributed by atoms with Gasteiger partial charge in [0.05, 0.1) is 5.69 Å². The van der Waals surface area contributed by atoms with E-state index in [0.29, 0.717) is 11.4 Å². The summed E-state index contributed by atoms with van der Waals surface area (Å²) in [4.78, 5) is 16.7. The van der Waals surface area contributed by atoms with E-state index < -0.39 is 0 Å². The lowest BCUT2D eigenvalue weighted by Crippen LogP contribution is -2.24. The second-order valence-electron chi connectivity index (χ2n) is 5.54. The van der Waals surface area contributed by atoms with Crippen LogP contribution in [-0.2, 0) is 4.79 Å². The fraction of sp³-hybridized carbons (Fsp3) is 0.111. The molecule has 1 aromatic heterocycles. The van der Waals surface area contributed by atoms with Crippen LogP contribution in [0.4, 0.5) is 5.82 Å². The minimum Gasteiger partial charge on any atom is -0.310 e. The molecule has 0 bridgehead atoms. The molecule has 114 valence electrons.